The summed E-state index contributed by atoms with van der Waals surface area (Å²) in [7, 11) is 0. The van der Waals surface area contributed by atoms with Crippen LogP contribution in [0.25, 0.3) is 0 Å². The first-order valence-electron chi connectivity index (χ1n) is 8.06. The maximum absolute atomic E-state index is 12.8. The SMILES string of the molecule is O=C(c1ccc(Cl)s1)N(CCOc1ccccc1)CC1CCCO1. The number of hydrogen-bond donors (Lipinski definition) is 0. The van der Waals surface area contributed by atoms with Crippen molar-refractivity contribution >= 4 is 28.8 Å². The number of hydrogen-bond acceptors (Lipinski definition) is 4. The second-order valence-electron chi connectivity index (χ2n) is 5.65. The van der Waals surface area contributed by atoms with Gasteiger partial charge < -0.3 is 14.4 Å². The van der Waals surface area contributed by atoms with E-state index < -0.39 is 0 Å². The van der Waals surface area contributed by atoms with Crippen LogP contribution in [0.3, 0.4) is 0 Å². The fourth-order valence-electron chi connectivity index (χ4n) is 2.69. The monoisotopic (exact) mass is 365 g/mol. The lowest BCUT2D eigenvalue weighted by Crippen LogP contribution is -2.39. The Morgan fingerprint density at radius 2 is 2.12 bits per heavy atom. The Morgan fingerprint density at radius 3 is 2.79 bits per heavy atom. The van der Waals surface area contributed by atoms with Crippen LogP contribution in [0.5, 0.6) is 5.75 Å². The van der Waals surface area contributed by atoms with Gasteiger partial charge >= 0.3 is 0 Å². The number of nitrogens with zero attached hydrogens (tertiary/aromatic N) is 1. The lowest BCUT2D eigenvalue weighted by molar-refractivity contribution is 0.0497. The summed E-state index contributed by atoms with van der Waals surface area (Å²) in [6, 6.07) is 13.1. The summed E-state index contributed by atoms with van der Waals surface area (Å²) in [5, 5.41) is 0. The van der Waals surface area contributed by atoms with E-state index in [1.54, 1.807) is 17.0 Å². The number of carbonyl (C=O) groups excluding carboxylic acids is 1. The minimum atomic E-state index is -0.0148. The Balaban J connectivity index is 1.61. The number of rotatable bonds is 7. The number of halogens is 1. The molecule has 0 bridgehead atoms. The standard InChI is InChI=1S/C18H20ClNO3S/c19-17-9-8-16(24-17)18(21)20(13-15-7-4-11-22-15)10-12-23-14-5-2-1-3-6-14/h1-3,5-6,8-9,15H,4,7,10-13H2. The average Bonchev–Trinajstić information content (AvgIpc) is 3.26. The molecule has 2 aromatic rings. The van der Waals surface area contributed by atoms with Crippen molar-refractivity contribution in [1.82, 2.24) is 4.90 Å². The molecule has 0 spiro atoms. The number of para-hydroxylation sites is 1. The van der Waals surface area contributed by atoms with Gasteiger partial charge in [0, 0.05) is 13.2 Å². The molecule has 0 radical (unpaired) electrons. The molecule has 0 aliphatic carbocycles. The molecule has 1 atom stereocenters. The smallest absolute Gasteiger partial charge is 0.264 e. The van der Waals surface area contributed by atoms with Crippen LogP contribution in [0.15, 0.2) is 42.5 Å². The molecule has 1 aliphatic heterocycles. The summed E-state index contributed by atoms with van der Waals surface area (Å²) in [6.45, 7) is 2.33. The Hall–Kier alpha value is -1.56. The average molecular weight is 366 g/mol. The Kier molecular flexibility index (Phi) is 6.12. The fourth-order valence-corrected chi connectivity index (χ4v) is 3.70. The summed E-state index contributed by atoms with van der Waals surface area (Å²) in [4.78, 5) is 15.2. The van der Waals surface area contributed by atoms with E-state index in [0.717, 1.165) is 25.2 Å². The van der Waals surface area contributed by atoms with Crippen molar-refractivity contribution in [1.29, 1.82) is 0 Å². The van der Waals surface area contributed by atoms with Crippen molar-refractivity contribution in [3.05, 3.63) is 51.7 Å². The van der Waals surface area contributed by atoms with E-state index >= 15 is 0 Å². The predicted molar refractivity (Wildman–Crippen MR) is 96.1 cm³/mol. The second-order valence-corrected chi connectivity index (χ2v) is 7.37. The summed E-state index contributed by atoms with van der Waals surface area (Å²) in [6.07, 6.45) is 2.16. The molecule has 1 fully saturated rings. The van der Waals surface area contributed by atoms with Gasteiger partial charge in [-0.3, -0.25) is 4.79 Å². The van der Waals surface area contributed by atoms with Gasteiger partial charge in [0.1, 0.15) is 12.4 Å². The van der Waals surface area contributed by atoms with Crippen LogP contribution in [-0.4, -0.2) is 43.2 Å². The van der Waals surface area contributed by atoms with Crippen molar-refractivity contribution in [3.63, 3.8) is 0 Å². The van der Waals surface area contributed by atoms with E-state index in [1.807, 2.05) is 30.3 Å². The van der Waals surface area contributed by atoms with E-state index in [-0.39, 0.29) is 12.0 Å². The summed E-state index contributed by atoms with van der Waals surface area (Å²) >= 11 is 7.27. The lowest BCUT2D eigenvalue weighted by atomic mass is 10.2. The Morgan fingerprint density at radius 1 is 1.29 bits per heavy atom. The minimum Gasteiger partial charge on any atom is -0.492 e. The zero-order chi connectivity index (χ0) is 16.8. The van der Waals surface area contributed by atoms with Gasteiger partial charge in [0.2, 0.25) is 0 Å². The van der Waals surface area contributed by atoms with Crippen LogP contribution in [0.1, 0.15) is 22.5 Å². The summed E-state index contributed by atoms with van der Waals surface area (Å²) < 4.78 is 12.0. The minimum absolute atomic E-state index is 0.0148. The number of amides is 1. The molecule has 0 N–H and O–H groups in total. The van der Waals surface area contributed by atoms with Crippen molar-refractivity contribution in [3.8, 4) is 5.75 Å². The van der Waals surface area contributed by atoms with Crippen molar-refractivity contribution < 1.29 is 14.3 Å². The molecular formula is C18H20ClNO3S. The fraction of sp³-hybridized carbons (Fsp3) is 0.389. The van der Waals surface area contributed by atoms with Crippen molar-refractivity contribution in [2.45, 2.75) is 18.9 Å². The second kappa shape index (κ2) is 8.51. The molecule has 1 aromatic carbocycles. The highest BCUT2D eigenvalue weighted by atomic mass is 35.5. The largest absolute Gasteiger partial charge is 0.492 e. The predicted octanol–water partition coefficient (Wildman–Crippen LogP) is 4.10. The topological polar surface area (TPSA) is 38.8 Å². The molecule has 4 nitrogen and oxygen atoms in total. The van der Waals surface area contributed by atoms with Crippen LogP contribution in [-0.2, 0) is 4.74 Å². The third-order valence-corrected chi connectivity index (χ3v) is 5.11. The molecule has 1 aromatic heterocycles. The number of ether oxygens (including phenoxy) is 2. The van der Waals surface area contributed by atoms with E-state index in [2.05, 4.69) is 0 Å². The first-order valence-corrected chi connectivity index (χ1v) is 9.26. The zero-order valence-corrected chi connectivity index (χ0v) is 14.9. The Bertz CT molecular complexity index is 655. The third-order valence-electron chi connectivity index (χ3n) is 3.89. The maximum atomic E-state index is 12.8. The molecule has 1 saturated heterocycles. The van der Waals surface area contributed by atoms with E-state index in [1.165, 1.54) is 11.3 Å². The summed E-state index contributed by atoms with van der Waals surface area (Å²) in [5.74, 6) is 0.792. The normalized spacial score (nSPS) is 17.0. The van der Waals surface area contributed by atoms with Gasteiger partial charge in [0.15, 0.2) is 0 Å². The zero-order valence-electron chi connectivity index (χ0n) is 13.3. The van der Waals surface area contributed by atoms with Gasteiger partial charge in [0.05, 0.1) is 21.9 Å². The molecule has 128 valence electrons. The van der Waals surface area contributed by atoms with Crippen LogP contribution in [0.2, 0.25) is 4.34 Å². The van der Waals surface area contributed by atoms with Gasteiger partial charge in [-0.2, -0.15) is 0 Å². The van der Waals surface area contributed by atoms with E-state index in [4.69, 9.17) is 21.1 Å². The van der Waals surface area contributed by atoms with Gasteiger partial charge in [-0.15, -0.1) is 11.3 Å². The molecular weight excluding hydrogens is 346 g/mol. The molecule has 1 amide bonds. The Labute approximate surface area is 150 Å². The van der Waals surface area contributed by atoms with Gasteiger partial charge in [-0.1, -0.05) is 29.8 Å². The molecule has 2 heterocycles. The first kappa shape index (κ1) is 17.3. The van der Waals surface area contributed by atoms with Gasteiger partial charge in [0.25, 0.3) is 5.91 Å². The highest BCUT2D eigenvalue weighted by Crippen LogP contribution is 2.23. The highest BCUT2D eigenvalue weighted by Gasteiger charge is 2.24. The van der Waals surface area contributed by atoms with E-state index in [9.17, 15) is 4.79 Å². The molecule has 6 heteroatoms. The van der Waals surface area contributed by atoms with Crippen molar-refractivity contribution in [2.24, 2.45) is 0 Å². The quantitative estimate of drug-likeness (QED) is 0.741. The molecule has 0 saturated carbocycles. The number of thiophene rings is 1. The molecule has 1 unspecified atom stereocenters. The van der Waals surface area contributed by atoms with Crippen molar-refractivity contribution in [2.75, 3.05) is 26.3 Å². The first-order chi connectivity index (χ1) is 11.7. The van der Waals surface area contributed by atoms with E-state index in [0.29, 0.717) is 28.9 Å². The molecule has 1 aliphatic rings. The lowest BCUT2D eigenvalue weighted by Gasteiger charge is -2.25. The van der Waals surface area contributed by atoms with Crippen LogP contribution >= 0.6 is 22.9 Å². The molecule has 3 rings (SSSR count). The van der Waals surface area contributed by atoms with Crippen LogP contribution in [0, 0.1) is 0 Å². The number of carbonyl (C=O) groups is 1. The summed E-state index contributed by atoms with van der Waals surface area (Å²) in [5.41, 5.74) is 0. The van der Waals surface area contributed by atoms with Crippen LogP contribution in [0.4, 0.5) is 0 Å². The highest BCUT2D eigenvalue weighted by molar-refractivity contribution is 7.17. The molecule has 24 heavy (non-hydrogen) atoms. The van der Waals surface area contributed by atoms with Gasteiger partial charge in [-0.25, -0.2) is 0 Å². The van der Waals surface area contributed by atoms with Gasteiger partial charge in [-0.05, 0) is 37.1 Å². The number of benzene rings is 1. The third kappa shape index (κ3) is 4.72. The maximum Gasteiger partial charge on any atom is 0.264 e. The van der Waals surface area contributed by atoms with Crippen LogP contribution < -0.4 is 4.74 Å².